The number of hydrogen-bond acceptors (Lipinski definition) is 2. The number of halogens is 1. The van der Waals surface area contributed by atoms with Crippen molar-refractivity contribution < 1.29 is 0 Å². The first-order valence-corrected chi connectivity index (χ1v) is 7.87. The van der Waals surface area contributed by atoms with Crippen LogP contribution in [0.25, 0.3) is 0 Å². The predicted molar refractivity (Wildman–Crippen MR) is 83.8 cm³/mol. The first-order valence-electron chi connectivity index (χ1n) is 6.67. The summed E-state index contributed by atoms with van der Waals surface area (Å²) < 4.78 is 0.900. The van der Waals surface area contributed by atoms with Gasteiger partial charge in [0.1, 0.15) is 0 Å². The SMILES string of the molecule is CC(C)(CCNC(C)(C)C)CCc1ccc(Cl)s1. The third-order valence-electron chi connectivity index (χ3n) is 3.13. The monoisotopic (exact) mass is 287 g/mol. The summed E-state index contributed by atoms with van der Waals surface area (Å²) in [5.74, 6) is 0. The van der Waals surface area contributed by atoms with Crippen LogP contribution in [0.1, 0.15) is 52.3 Å². The van der Waals surface area contributed by atoms with Gasteiger partial charge in [-0.05, 0) is 64.1 Å². The lowest BCUT2D eigenvalue weighted by Gasteiger charge is -2.28. The summed E-state index contributed by atoms with van der Waals surface area (Å²) in [6, 6.07) is 4.15. The molecule has 0 fully saturated rings. The summed E-state index contributed by atoms with van der Waals surface area (Å²) in [7, 11) is 0. The molecule has 3 heteroatoms. The molecular weight excluding hydrogens is 262 g/mol. The Labute approximate surface area is 121 Å². The van der Waals surface area contributed by atoms with Crippen LogP contribution in [-0.2, 0) is 6.42 Å². The molecular formula is C15H26ClNS. The summed E-state index contributed by atoms with van der Waals surface area (Å²) in [6.07, 6.45) is 3.57. The lowest BCUT2D eigenvalue weighted by molar-refractivity contribution is 0.285. The Morgan fingerprint density at radius 2 is 1.78 bits per heavy atom. The van der Waals surface area contributed by atoms with E-state index in [4.69, 9.17) is 11.6 Å². The van der Waals surface area contributed by atoms with Gasteiger partial charge in [0.05, 0.1) is 4.34 Å². The van der Waals surface area contributed by atoms with Crippen LogP contribution in [-0.4, -0.2) is 12.1 Å². The van der Waals surface area contributed by atoms with E-state index < -0.39 is 0 Å². The molecule has 0 saturated carbocycles. The highest BCUT2D eigenvalue weighted by Gasteiger charge is 2.19. The molecule has 0 saturated heterocycles. The minimum atomic E-state index is 0.220. The third-order valence-corrected chi connectivity index (χ3v) is 4.43. The van der Waals surface area contributed by atoms with Crippen LogP contribution in [0.3, 0.4) is 0 Å². The second-order valence-electron chi connectivity index (χ2n) is 6.80. The van der Waals surface area contributed by atoms with Gasteiger partial charge in [-0.1, -0.05) is 25.4 Å². The topological polar surface area (TPSA) is 12.0 Å². The minimum absolute atomic E-state index is 0.220. The molecule has 1 N–H and O–H groups in total. The van der Waals surface area contributed by atoms with Crippen molar-refractivity contribution in [3.05, 3.63) is 21.3 Å². The molecule has 1 nitrogen and oxygen atoms in total. The lowest BCUT2D eigenvalue weighted by Crippen LogP contribution is -2.38. The molecule has 0 bridgehead atoms. The van der Waals surface area contributed by atoms with Crippen molar-refractivity contribution in [2.45, 2.75) is 59.4 Å². The van der Waals surface area contributed by atoms with E-state index in [0.717, 1.165) is 17.3 Å². The molecule has 0 atom stereocenters. The molecule has 0 aliphatic rings. The largest absolute Gasteiger partial charge is 0.312 e. The van der Waals surface area contributed by atoms with E-state index in [1.165, 1.54) is 17.7 Å². The van der Waals surface area contributed by atoms with E-state index >= 15 is 0 Å². The zero-order valence-electron chi connectivity index (χ0n) is 12.3. The van der Waals surface area contributed by atoms with Crippen LogP contribution < -0.4 is 5.32 Å². The molecule has 0 aliphatic heterocycles. The summed E-state index contributed by atoms with van der Waals surface area (Å²) in [4.78, 5) is 1.40. The van der Waals surface area contributed by atoms with E-state index in [1.807, 2.05) is 6.07 Å². The van der Waals surface area contributed by atoms with E-state index in [1.54, 1.807) is 11.3 Å². The van der Waals surface area contributed by atoms with Crippen LogP contribution >= 0.6 is 22.9 Å². The van der Waals surface area contributed by atoms with Gasteiger partial charge in [-0.3, -0.25) is 0 Å². The molecule has 0 radical (unpaired) electrons. The fraction of sp³-hybridized carbons (Fsp3) is 0.733. The molecule has 0 aromatic carbocycles. The fourth-order valence-electron chi connectivity index (χ4n) is 1.85. The Morgan fingerprint density at radius 3 is 2.28 bits per heavy atom. The van der Waals surface area contributed by atoms with Gasteiger partial charge in [0.25, 0.3) is 0 Å². The van der Waals surface area contributed by atoms with E-state index in [2.05, 4.69) is 46.0 Å². The molecule has 1 heterocycles. The summed E-state index contributed by atoms with van der Waals surface area (Å²) in [6.45, 7) is 12.4. The standard InChI is InChI=1S/C15H26ClNS/c1-14(2,3)17-11-10-15(4,5)9-8-12-6-7-13(16)18-12/h6-7,17H,8-11H2,1-5H3. The highest BCUT2D eigenvalue weighted by atomic mass is 35.5. The summed E-state index contributed by atoms with van der Waals surface area (Å²) in [5.41, 5.74) is 0.603. The first kappa shape index (κ1) is 16.0. The van der Waals surface area contributed by atoms with Gasteiger partial charge in [0, 0.05) is 10.4 Å². The number of rotatable bonds is 6. The molecule has 1 aromatic rings. The van der Waals surface area contributed by atoms with Crippen molar-refractivity contribution in [3.63, 3.8) is 0 Å². The molecule has 18 heavy (non-hydrogen) atoms. The Hall–Kier alpha value is -0.0500. The number of aryl methyl sites for hydroxylation is 1. The van der Waals surface area contributed by atoms with Crippen LogP contribution in [0.2, 0.25) is 4.34 Å². The van der Waals surface area contributed by atoms with Crippen LogP contribution in [0.15, 0.2) is 12.1 Å². The Balaban J connectivity index is 2.31. The molecule has 104 valence electrons. The van der Waals surface area contributed by atoms with E-state index in [0.29, 0.717) is 5.41 Å². The number of thiophene rings is 1. The normalized spacial score (nSPS) is 13.0. The summed E-state index contributed by atoms with van der Waals surface area (Å²) in [5, 5.41) is 3.56. The van der Waals surface area contributed by atoms with Crippen LogP contribution in [0.5, 0.6) is 0 Å². The van der Waals surface area contributed by atoms with Crippen molar-refractivity contribution in [2.24, 2.45) is 5.41 Å². The highest BCUT2D eigenvalue weighted by molar-refractivity contribution is 7.16. The quantitative estimate of drug-likeness (QED) is 0.764. The first-order chi connectivity index (χ1) is 8.18. The smallest absolute Gasteiger partial charge is 0.0931 e. The van der Waals surface area contributed by atoms with Gasteiger partial charge in [0.15, 0.2) is 0 Å². The lowest BCUT2D eigenvalue weighted by atomic mass is 9.84. The zero-order valence-corrected chi connectivity index (χ0v) is 13.8. The van der Waals surface area contributed by atoms with Gasteiger partial charge in [-0.2, -0.15) is 0 Å². The molecule has 0 aliphatic carbocycles. The van der Waals surface area contributed by atoms with Gasteiger partial charge in [0.2, 0.25) is 0 Å². The molecule has 0 spiro atoms. The average Bonchev–Trinajstić information content (AvgIpc) is 2.59. The van der Waals surface area contributed by atoms with Crippen molar-refractivity contribution >= 4 is 22.9 Å². The van der Waals surface area contributed by atoms with Crippen molar-refractivity contribution in [2.75, 3.05) is 6.54 Å². The van der Waals surface area contributed by atoms with E-state index in [9.17, 15) is 0 Å². The Kier molecular flexibility index (Phi) is 5.69. The minimum Gasteiger partial charge on any atom is -0.312 e. The Morgan fingerprint density at radius 1 is 1.11 bits per heavy atom. The van der Waals surface area contributed by atoms with Crippen molar-refractivity contribution in [1.29, 1.82) is 0 Å². The van der Waals surface area contributed by atoms with Gasteiger partial charge in [-0.25, -0.2) is 0 Å². The number of nitrogens with one attached hydrogen (secondary N) is 1. The molecule has 1 aromatic heterocycles. The molecule has 0 unspecified atom stereocenters. The average molecular weight is 288 g/mol. The van der Waals surface area contributed by atoms with Crippen LogP contribution in [0.4, 0.5) is 0 Å². The maximum Gasteiger partial charge on any atom is 0.0931 e. The highest BCUT2D eigenvalue weighted by Crippen LogP contribution is 2.30. The zero-order chi connectivity index (χ0) is 13.8. The van der Waals surface area contributed by atoms with E-state index in [-0.39, 0.29) is 5.54 Å². The molecule has 1 rings (SSSR count). The maximum absolute atomic E-state index is 5.95. The van der Waals surface area contributed by atoms with Crippen molar-refractivity contribution in [3.8, 4) is 0 Å². The third kappa shape index (κ3) is 6.77. The second kappa shape index (κ2) is 6.40. The van der Waals surface area contributed by atoms with Gasteiger partial charge < -0.3 is 5.32 Å². The Bertz CT molecular complexity index is 363. The number of hydrogen-bond donors (Lipinski definition) is 1. The second-order valence-corrected chi connectivity index (χ2v) is 8.60. The maximum atomic E-state index is 5.95. The van der Waals surface area contributed by atoms with Crippen LogP contribution in [0, 0.1) is 5.41 Å². The predicted octanol–water partition coefficient (Wildman–Crippen LogP) is 5.14. The fourth-order valence-corrected chi connectivity index (χ4v) is 2.94. The van der Waals surface area contributed by atoms with Crippen molar-refractivity contribution in [1.82, 2.24) is 5.32 Å². The molecule has 0 amide bonds. The summed E-state index contributed by atoms with van der Waals surface area (Å²) >= 11 is 7.66. The van der Waals surface area contributed by atoms with Gasteiger partial charge >= 0.3 is 0 Å². The van der Waals surface area contributed by atoms with Gasteiger partial charge in [-0.15, -0.1) is 11.3 Å².